The molecule has 1 aliphatic rings. The molecule has 1 aromatic carbocycles. The summed E-state index contributed by atoms with van der Waals surface area (Å²) in [6.45, 7) is 6.23. The van der Waals surface area contributed by atoms with Crippen LogP contribution in [0.4, 0.5) is 0 Å². The highest BCUT2D eigenvalue weighted by molar-refractivity contribution is 7.89. The van der Waals surface area contributed by atoms with E-state index in [0.717, 1.165) is 25.0 Å². The second-order valence-electron chi connectivity index (χ2n) is 5.50. The third-order valence-electron chi connectivity index (χ3n) is 3.73. The molecule has 0 aliphatic carbocycles. The van der Waals surface area contributed by atoms with Crippen molar-refractivity contribution in [3.63, 3.8) is 0 Å². The van der Waals surface area contributed by atoms with Crippen LogP contribution in [0.15, 0.2) is 23.1 Å². The van der Waals surface area contributed by atoms with Gasteiger partial charge in [-0.1, -0.05) is 18.5 Å². The normalized spacial score (nSPS) is 19.3. The SMILES string of the molecule is CCCN(CC1CCOC1)S(=O)(=O)c1ccc(Cl)c(C)c1. The largest absolute Gasteiger partial charge is 0.381 e. The van der Waals surface area contributed by atoms with Crippen LogP contribution in [0, 0.1) is 12.8 Å². The van der Waals surface area contributed by atoms with E-state index in [2.05, 4.69) is 0 Å². The highest BCUT2D eigenvalue weighted by Crippen LogP contribution is 2.24. The summed E-state index contributed by atoms with van der Waals surface area (Å²) in [4.78, 5) is 0.316. The van der Waals surface area contributed by atoms with Gasteiger partial charge >= 0.3 is 0 Å². The molecule has 1 unspecified atom stereocenters. The summed E-state index contributed by atoms with van der Waals surface area (Å²) in [5, 5.41) is 0.584. The van der Waals surface area contributed by atoms with E-state index in [1.54, 1.807) is 22.5 Å². The molecule has 0 radical (unpaired) electrons. The van der Waals surface area contributed by atoms with Gasteiger partial charge in [-0.2, -0.15) is 4.31 Å². The molecule has 6 heteroatoms. The standard InChI is InChI=1S/C15H22ClNO3S/c1-3-7-17(10-13-6-8-20-11-13)21(18,19)14-4-5-15(16)12(2)9-14/h4-5,9,13H,3,6-8,10-11H2,1-2H3. The van der Waals surface area contributed by atoms with Crippen molar-refractivity contribution in [1.29, 1.82) is 0 Å². The first-order valence-electron chi connectivity index (χ1n) is 7.29. The summed E-state index contributed by atoms with van der Waals surface area (Å²) in [6, 6.07) is 4.87. The zero-order valence-corrected chi connectivity index (χ0v) is 14.1. The zero-order valence-electron chi connectivity index (χ0n) is 12.5. The Morgan fingerprint density at radius 1 is 1.43 bits per heavy atom. The van der Waals surface area contributed by atoms with Gasteiger partial charge in [0, 0.05) is 24.7 Å². The number of hydrogen-bond acceptors (Lipinski definition) is 3. The Labute approximate surface area is 132 Å². The van der Waals surface area contributed by atoms with Crippen molar-refractivity contribution in [2.75, 3.05) is 26.3 Å². The predicted molar refractivity (Wildman–Crippen MR) is 84.2 cm³/mol. The number of hydrogen-bond donors (Lipinski definition) is 0. The van der Waals surface area contributed by atoms with Crippen LogP contribution in [0.25, 0.3) is 0 Å². The highest BCUT2D eigenvalue weighted by atomic mass is 35.5. The lowest BCUT2D eigenvalue weighted by molar-refractivity contribution is 0.180. The molecule has 21 heavy (non-hydrogen) atoms. The Morgan fingerprint density at radius 3 is 2.76 bits per heavy atom. The van der Waals surface area contributed by atoms with Crippen molar-refractivity contribution in [2.45, 2.75) is 31.6 Å². The molecular weight excluding hydrogens is 310 g/mol. The van der Waals surface area contributed by atoms with Gasteiger partial charge in [0.25, 0.3) is 0 Å². The van der Waals surface area contributed by atoms with Gasteiger partial charge in [-0.25, -0.2) is 8.42 Å². The zero-order chi connectivity index (χ0) is 15.5. The molecular formula is C15H22ClNO3S. The summed E-state index contributed by atoms with van der Waals surface area (Å²) in [5.41, 5.74) is 0.776. The Kier molecular flexibility index (Phi) is 5.66. The molecule has 0 N–H and O–H groups in total. The number of aryl methyl sites for hydroxylation is 1. The lowest BCUT2D eigenvalue weighted by atomic mass is 10.1. The Balaban J connectivity index is 2.25. The van der Waals surface area contributed by atoms with Crippen LogP contribution in [0.2, 0.25) is 5.02 Å². The molecule has 118 valence electrons. The second-order valence-corrected chi connectivity index (χ2v) is 7.85. The molecule has 0 amide bonds. The minimum atomic E-state index is -3.47. The quantitative estimate of drug-likeness (QED) is 0.804. The molecule has 1 aliphatic heterocycles. The maximum absolute atomic E-state index is 12.8. The van der Waals surface area contributed by atoms with Crippen molar-refractivity contribution in [2.24, 2.45) is 5.92 Å². The first-order chi connectivity index (χ1) is 9.95. The molecule has 1 fully saturated rings. The van der Waals surface area contributed by atoms with E-state index >= 15 is 0 Å². The lowest BCUT2D eigenvalue weighted by Crippen LogP contribution is -2.36. The topological polar surface area (TPSA) is 46.6 Å². The highest BCUT2D eigenvalue weighted by Gasteiger charge is 2.28. The number of rotatable bonds is 6. The van der Waals surface area contributed by atoms with Crippen LogP contribution in [-0.4, -0.2) is 39.0 Å². The molecule has 0 saturated carbocycles. The third kappa shape index (κ3) is 3.97. The third-order valence-corrected chi connectivity index (χ3v) is 6.01. The summed E-state index contributed by atoms with van der Waals surface area (Å²) >= 11 is 5.98. The van der Waals surface area contributed by atoms with Crippen molar-refractivity contribution in [3.05, 3.63) is 28.8 Å². The van der Waals surface area contributed by atoms with E-state index in [0.29, 0.717) is 35.5 Å². The summed E-state index contributed by atoms with van der Waals surface area (Å²) in [7, 11) is -3.47. The van der Waals surface area contributed by atoms with E-state index in [1.807, 2.05) is 13.8 Å². The van der Waals surface area contributed by atoms with Gasteiger partial charge in [0.1, 0.15) is 0 Å². The maximum atomic E-state index is 12.8. The van der Waals surface area contributed by atoms with Gasteiger partial charge in [0.2, 0.25) is 10.0 Å². The van der Waals surface area contributed by atoms with E-state index in [4.69, 9.17) is 16.3 Å². The van der Waals surface area contributed by atoms with Gasteiger partial charge < -0.3 is 4.74 Å². The van der Waals surface area contributed by atoms with Crippen molar-refractivity contribution in [1.82, 2.24) is 4.31 Å². The summed E-state index contributed by atoms with van der Waals surface area (Å²) in [5.74, 6) is 0.291. The predicted octanol–water partition coefficient (Wildman–Crippen LogP) is 3.09. The number of benzene rings is 1. The molecule has 1 atom stereocenters. The minimum Gasteiger partial charge on any atom is -0.381 e. The Bertz CT molecular complexity index is 583. The summed E-state index contributed by atoms with van der Waals surface area (Å²) in [6.07, 6.45) is 1.72. The minimum absolute atomic E-state index is 0.291. The average molecular weight is 332 g/mol. The number of sulfonamides is 1. The first-order valence-corrected chi connectivity index (χ1v) is 9.11. The fourth-order valence-corrected chi connectivity index (χ4v) is 4.31. The number of halogens is 1. The molecule has 1 saturated heterocycles. The fourth-order valence-electron chi connectivity index (χ4n) is 2.50. The van der Waals surface area contributed by atoms with Crippen molar-refractivity contribution < 1.29 is 13.2 Å². The van der Waals surface area contributed by atoms with Crippen LogP contribution >= 0.6 is 11.6 Å². The van der Waals surface area contributed by atoms with Gasteiger partial charge in [0.05, 0.1) is 11.5 Å². The fraction of sp³-hybridized carbons (Fsp3) is 0.600. The molecule has 0 bridgehead atoms. The molecule has 0 aromatic heterocycles. The van der Waals surface area contributed by atoms with Gasteiger partial charge in [0.15, 0.2) is 0 Å². The average Bonchev–Trinajstić information content (AvgIpc) is 2.94. The van der Waals surface area contributed by atoms with Gasteiger partial charge in [-0.05, 0) is 49.4 Å². The van der Waals surface area contributed by atoms with Gasteiger partial charge in [-0.3, -0.25) is 0 Å². The maximum Gasteiger partial charge on any atom is 0.243 e. The monoisotopic (exact) mass is 331 g/mol. The van der Waals surface area contributed by atoms with Crippen molar-refractivity contribution >= 4 is 21.6 Å². The first kappa shape index (κ1) is 16.7. The van der Waals surface area contributed by atoms with Crippen LogP contribution in [0.5, 0.6) is 0 Å². The number of nitrogens with zero attached hydrogens (tertiary/aromatic N) is 1. The molecule has 0 spiro atoms. The molecule has 1 heterocycles. The van der Waals surface area contributed by atoms with E-state index in [1.165, 1.54) is 0 Å². The Morgan fingerprint density at radius 2 is 2.19 bits per heavy atom. The molecule has 4 nitrogen and oxygen atoms in total. The van der Waals surface area contributed by atoms with Crippen LogP contribution in [0.3, 0.4) is 0 Å². The van der Waals surface area contributed by atoms with E-state index in [9.17, 15) is 8.42 Å². The number of ether oxygens (including phenoxy) is 1. The lowest BCUT2D eigenvalue weighted by Gasteiger charge is -2.24. The summed E-state index contributed by atoms with van der Waals surface area (Å²) < 4.78 is 32.6. The van der Waals surface area contributed by atoms with Crippen LogP contribution < -0.4 is 0 Å². The molecule has 2 rings (SSSR count). The van der Waals surface area contributed by atoms with Crippen molar-refractivity contribution in [3.8, 4) is 0 Å². The smallest absolute Gasteiger partial charge is 0.243 e. The van der Waals surface area contributed by atoms with E-state index in [-0.39, 0.29) is 0 Å². The molecule has 1 aromatic rings. The van der Waals surface area contributed by atoms with Crippen LogP contribution in [0.1, 0.15) is 25.3 Å². The van der Waals surface area contributed by atoms with E-state index < -0.39 is 10.0 Å². The van der Waals surface area contributed by atoms with Gasteiger partial charge in [-0.15, -0.1) is 0 Å². The second kappa shape index (κ2) is 7.09. The van der Waals surface area contributed by atoms with Crippen LogP contribution in [-0.2, 0) is 14.8 Å². The Hall–Kier alpha value is -0.620.